The molecule has 2 rings (SSSR count). The highest BCUT2D eigenvalue weighted by Crippen LogP contribution is 2.07. The quantitative estimate of drug-likeness (QED) is 0.743. The molecule has 0 aromatic carbocycles. The molecule has 1 aliphatic heterocycles. The van der Waals surface area contributed by atoms with Crippen LogP contribution in [0.4, 0.5) is 0 Å². The third kappa shape index (κ3) is 2.45. The van der Waals surface area contributed by atoms with Gasteiger partial charge in [-0.2, -0.15) is 0 Å². The van der Waals surface area contributed by atoms with Gasteiger partial charge >= 0.3 is 0 Å². The van der Waals surface area contributed by atoms with Crippen LogP contribution in [0.2, 0.25) is 0 Å². The predicted molar refractivity (Wildman–Crippen MR) is 56.1 cm³/mol. The van der Waals surface area contributed by atoms with E-state index in [1.807, 2.05) is 0 Å². The van der Waals surface area contributed by atoms with Gasteiger partial charge in [0.15, 0.2) is 5.96 Å². The van der Waals surface area contributed by atoms with Gasteiger partial charge < -0.3 is 10.6 Å². The van der Waals surface area contributed by atoms with Crippen molar-refractivity contribution in [3.63, 3.8) is 0 Å². The van der Waals surface area contributed by atoms with Crippen LogP contribution in [0.5, 0.6) is 0 Å². The lowest BCUT2D eigenvalue weighted by Gasteiger charge is -2.15. The smallest absolute Gasteiger partial charge is 0.191 e. The molecule has 4 heteroatoms. The average Bonchev–Trinajstić information content (AvgIpc) is 2.69. The van der Waals surface area contributed by atoms with Crippen LogP contribution in [0.1, 0.15) is 11.3 Å². The summed E-state index contributed by atoms with van der Waals surface area (Å²) in [6, 6.07) is 4.19. The van der Waals surface area contributed by atoms with E-state index < -0.39 is 0 Å². The van der Waals surface area contributed by atoms with Gasteiger partial charge in [-0.1, -0.05) is 6.07 Å². The summed E-state index contributed by atoms with van der Waals surface area (Å²) in [5.74, 6) is 0.944. The van der Waals surface area contributed by atoms with Crippen molar-refractivity contribution in [1.82, 2.24) is 10.6 Å². The number of aliphatic imine (C=N–C) groups is 1. The molecule has 0 aliphatic carbocycles. The first-order valence-corrected chi connectivity index (χ1v) is 5.38. The molecular formula is C9H13N3S. The van der Waals surface area contributed by atoms with Crippen molar-refractivity contribution in [1.29, 1.82) is 0 Å². The van der Waals surface area contributed by atoms with Crippen molar-refractivity contribution in [2.75, 3.05) is 13.1 Å². The third-order valence-corrected chi connectivity index (χ3v) is 2.78. The molecule has 0 saturated carbocycles. The van der Waals surface area contributed by atoms with Crippen LogP contribution in [-0.4, -0.2) is 19.0 Å². The van der Waals surface area contributed by atoms with E-state index in [0.29, 0.717) is 0 Å². The zero-order valence-corrected chi connectivity index (χ0v) is 8.23. The van der Waals surface area contributed by atoms with Crippen LogP contribution in [0.25, 0.3) is 0 Å². The molecule has 0 atom stereocenters. The average molecular weight is 195 g/mol. The Morgan fingerprint density at radius 3 is 3.31 bits per heavy atom. The fourth-order valence-corrected chi connectivity index (χ4v) is 1.88. The van der Waals surface area contributed by atoms with Crippen LogP contribution in [0.15, 0.2) is 22.5 Å². The van der Waals surface area contributed by atoms with Gasteiger partial charge in [0.05, 0.1) is 6.54 Å². The van der Waals surface area contributed by atoms with Crippen molar-refractivity contribution in [3.8, 4) is 0 Å². The summed E-state index contributed by atoms with van der Waals surface area (Å²) in [6.45, 7) is 2.86. The van der Waals surface area contributed by atoms with E-state index in [1.165, 1.54) is 4.88 Å². The lowest BCUT2D eigenvalue weighted by molar-refractivity contribution is 0.703. The minimum Gasteiger partial charge on any atom is -0.356 e. The Bertz CT molecular complexity index is 279. The number of nitrogens with zero attached hydrogens (tertiary/aromatic N) is 1. The first kappa shape index (κ1) is 8.56. The zero-order valence-electron chi connectivity index (χ0n) is 7.42. The van der Waals surface area contributed by atoms with Crippen molar-refractivity contribution in [2.24, 2.45) is 4.99 Å². The summed E-state index contributed by atoms with van der Waals surface area (Å²) in [5, 5.41) is 8.59. The Labute approximate surface area is 81.9 Å². The molecule has 13 heavy (non-hydrogen) atoms. The first-order chi connectivity index (χ1) is 6.45. The predicted octanol–water partition coefficient (Wildman–Crippen LogP) is 1.19. The second-order valence-corrected chi connectivity index (χ2v) is 3.98. The van der Waals surface area contributed by atoms with Gasteiger partial charge in [-0.3, -0.25) is 4.99 Å². The van der Waals surface area contributed by atoms with Gasteiger partial charge in [-0.05, 0) is 17.9 Å². The molecule has 0 fully saturated rings. The Morgan fingerprint density at radius 1 is 1.62 bits per heavy atom. The summed E-state index contributed by atoms with van der Waals surface area (Å²) in [4.78, 5) is 5.67. The maximum absolute atomic E-state index is 4.33. The fraction of sp³-hybridized carbons (Fsp3) is 0.444. The fourth-order valence-electron chi connectivity index (χ4n) is 1.24. The van der Waals surface area contributed by atoms with Gasteiger partial charge in [0.25, 0.3) is 0 Å². The van der Waals surface area contributed by atoms with E-state index in [0.717, 1.165) is 32.0 Å². The molecule has 0 bridgehead atoms. The second-order valence-electron chi connectivity index (χ2n) is 2.94. The Kier molecular flexibility index (Phi) is 2.82. The van der Waals surface area contributed by atoms with Gasteiger partial charge in [-0.15, -0.1) is 11.3 Å². The number of rotatable bonds is 2. The van der Waals surface area contributed by atoms with Gasteiger partial charge in [0.2, 0.25) is 0 Å². The lowest BCUT2D eigenvalue weighted by atomic mass is 10.4. The highest BCUT2D eigenvalue weighted by molar-refractivity contribution is 7.09. The number of nitrogens with one attached hydrogen (secondary N) is 2. The number of guanidine groups is 1. The molecule has 2 heterocycles. The summed E-state index contributed by atoms with van der Waals surface area (Å²) < 4.78 is 0. The molecule has 1 aliphatic rings. The lowest BCUT2D eigenvalue weighted by Crippen LogP contribution is -2.40. The Balaban J connectivity index is 1.82. The highest BCUT2D eigenvalue weighted by atomic mass is 32.1. The maximum Gasteiger partial charge on any atom is 0.191 e. The maximum atomic E-state index is 4.33. The van der Waals surface area contributed by atoms with Gasteiger partial charge in [-0.25, -0.2) is 0 Å². The third-order valence-electron chi connectivity index (χ3n) is 1.91. The zero-order chi connectivity index (χ0) is 8.93. The van der Waals surface area contributed by atoms with E-state index in [2.05, 4.69) is 33.1 Å². The van der Waals surface area contributed by atoms with E-state index in [-0.39, 0.29) is 0 Å². The van der Waals surface area contributed by atoms with Crippen molar-refractivity contribution in [3.05, 3.63) is 22.4 Å². The van der Waals surface area contributed by atoms with Crippen molar-refractivity contribution >= 4 is 17.3 Å². The minimum absolute atomic E-state index is 0.878. The minimum atomic E-state index is 0.878. The van der Waals surface area contributed by atoms with Crippen molar-refractivity contribution < 1.29 is 0 Å². The monoisotopic (exact) mass is 195 g/mol. The molecule has 0 saturated heterocycles. The van der Waals surface area contributed by atoms with Crippen molar-refractivity contribution in [2.45, 2.75) is 13.0 Å². The highest BCUT2D eigenvalue weighted by Gasteiger charge is 2.02. The molecule has 70 valence electrons. The molecule has 1 aromatic heterocycles. The largest absolute Gasteiger partial charge is 0.356 e. The van der Waals surface area contributed by atoms with Crippen LogP contribution in [0.3, 0.4) is 0 Å². The molecule has 0 spiro atoms. The van der Waals surface area contributed by atoms with Gasteiger partial charge in [0, 0.05) is 18.0 Å². The Morgan fingerprint density at radius 2 is 2.62 bits per heavy atom. The molecule has 3 nitrogen and oxygen atoms in total. The van der Waals surface area contributed by atoms with Crippen LogP contribution < -0.4 is 10.6 Å². The van der Waals surface area contributed by atoms with E-state index in [4.69, 9.17) is 0 Å². The SMILES string of the molecule is c1csc(CNC2=NCCCN2)c1. The normalized spacial score (nSPS) is 16.2. The number of thiophene rings is 1. The molecule has 0 amide bonds. The first-order valence-electron chi connectivity index (χ1n) is 4.50. The standard InChI is InChI=1S/C9H13N3S/c1-3-8(13-6-1)7-12-9-10-4-2-5-11-9/h1,3,6H,2,4-5,7H2,(H2,10,11,12). The molecule has 2 N–H and O–H groups in total. The molecule has 0 unspecified atom stereocenters. The number of hydrogen-bond donors (Lipinski definition) is 2. The van der Waals surface area contributed by atoms with Crippen LogP contribution in [0, 0.1) is 0 Å². The summed E-state index contributed by atoms with van der Waals surface area (Å²) in [6.07, 6.45) is 1.14. The number of hydrogen-bond acceptors (Lipinski definition) is 4. The molecule has 0 radical (unpaired) electrons. The topological polar surface area (TPSA) is 36.4 Å². The molecule has 1 aromatic rings. The second kappa shape index (κ2) is 4.28. The summed E-state index contributed by atoms with van der Waals surface area (Å²) in [7, 11) is 0. The Hall–Kier alpha value is -1.03. The van der Waals surface area contributed by atoms with E-state index >= 15 is 0 Å². The van der Waals surface area contributed by atoms with Crippen LogP contribution >= 0.6 is 11.3 Å². The van der Waals surface area contributed by atoms with E-state index in [1.54, 1.807) is 11.3 Å². The molecular weight excluding hydrogens is 182 g/mol. The van der Waals surface area contributed by atoms with Crippen LogP contribution in [-0.2, 0) is 6.54 Å². The summed E-state index contributed by atoms with van der Waals surface area (Å²) in [5.41, 5.74) is 0. The summed E-state index contributed by atoms with van der Waals surface area (Å²) >= 11 is 1.77. The van der Waals surface area contributed by atoms with E-state index in [9.17, 15) is 0 Å². The van der Waals surface area contributed by atoms with Gasteiger partial charge in [0.1, 0.15) is 0 Å².